The van der Waals surface area contributed by atoms with Gasteiger partial charge in [-0.2, -0.15) is 0 Å². The molecule has 0 aromatic heterocycles. The van der Waals surface area contributed by atoms with Crippen molar-refractivity contribution in [2.45, 2.75) is 6.42 Å². The fourth-order valence-electron chi connectivity index (χ4n) is 2.21. The molecule has 0 saturated carbocycles. The number of sulfone groups is 1. The Labute approximate surface area is 120 Å². The lowest BCUT2D eigenvalue weighted by atomic mass is 10.1. The number of nitrogens with one attached hydrogen (secondary N) is 2. The molecule has 0 radical (unpaired) electrons. The molecule has 1 aliphatic rings. The van der Waals surface area contributed by atoms with Gasteiger partial charge < -0.3 is 10.7 Å². The van der Waals surface area contributed by atoms with Gasteiger partial charge in [0.1, 0.15) is 5.69 Å². The van der Waals surface area contributed by atoms with Gasteiger partial charge >= 0.3 is 0 Å². The van der Waals surface area contributed by atoms with Crippen molar-refractivity contribution < 1.29 is 22.0 Å². The average Bonchev–Trinajstić information content (AvgIpc) is 2.75. The minimum absolute atomic E-state index is 0.0199. The first-order valence-corrected chi connectivity index (χ1v) is 8.09. The Morgan fingerprint density at radius 1 is 1.33 bits per heavy atom. The SMILES string of the molecule is NNc1c(F)cc(C(=O)NCC2CCS(=O)(=O)C2)cc1F. The maximum Gasteiger partial charge on any atom is 0.251 e. The van der Waals surface area contributed by atoms with Crippen LogP contribution in [0.15, 0.2) is 12.1 Å². The van der Waals surface area contributed by atoms with Crippen LogP contribution in [0.2, 0.25) is 0 Å². The number of benzene rings is 1. The molecular weight excluding hydrogens is 304 g/mol. The normalized spacial score (nSPS) is 20.2. The topological polar surface area (TPSA) is 101 Å². The first-order chi connectivity index (χ1) is 9.82. The summed E-state index contributed by atoms with van der Waals surface area (Å²) in [5, 5.41) is 2.48. The van der Waals surface area contributed by atoms with Crippen molar-refractivity contribution in [1.82, 2.24) is 5.32 Å². The Morgan fingerprint density at radius 2 is 1.95 bits per heavy atom. The summed E-state index contributed by atoms with van der Waals surface area (Å²) in [7, 11) is -3.02. The number of carbonyl (C=O) groups excluding carboxylic acids is 1. The van der Waals surface area contributed by atoms with E-state index in [1.54, 1.807) is 0 Å². The number of amides is 1. The minimum atomic E-state index is -3.02. The third kappa shape index (κ3) is 3.67. The molecule has 116 valence electrons. The van der Waals surface area contributed by atoms with E-state index >= 15 is 0 Å². The maximum absolute atomic E-state index is 13.5. The number of halogens is 2. The van der Waals surface area contributed by atoms with Crippen molar-refractivity contribution in [2.75, 3.05) is 23.5 Å². The summed E-state index contributed by atoms with van der Waals surface area (Å²) >= 11 is 0. The lowest BCUT2D eigenvalue weighted by Gasteiger charge is -2.11. The number of anilines is 1. The Morgan fingerprint density at radius 3 is 2.43 bits per heavy atom. The van der Waals surface area contributed by atoms with Crippen LogP contribution in [0, 0.1) is 17.6 Å². The number of hydrogen-bond donors (Lipinski definition) is 3. The van der Waals surface area contributed by atoms with Crippen molar-refractivity contribution in [3.63, 3.8) is 0 Å². The van der Waals surface area contributed by atoms with Crippen LogP contribution in [-0.4, -0.2) is 32.4 Å². The molecule has 1 atom stereocenters. The van der Waals surface area contributed by atoms with E-state index in [2.05, 4.69) is 5.32 Å². The van der Waals surface area contributed by atoms with Crippen LogP contribution in [0.4, 0.5) is 14.5 Å². The monoisotopic (exact) mass is 319 g/mol. The number of hydrazine groups is 1. The third-order valence-corrected chi connectivity index (χ3v) is 5.16. The molecule has 1 heterocycles. The lowest BCUT2D eigenvalue weighted by Crippen LogP contribution is -2.30. The van der Waals surface area contributed by atoms with Gasteiger partial charge in [-0.1, -0.05) is 0 Å². The van der Waals surface area contributed by atoms with E-state index in [0.29, 0.717) is 6.42 Å². The van der Waals surface area contributed by atoms with Crippen LogP contribution in [0.5, 0.6) is 0 Å². The Kier molecular flexibility index (Phi) is 4.43. The van der Waals surface area contributed by atoms with Crippen LogP contribution < -0.4 is 16.6 Å². The molecule has 0 spiro atoms. The number of hydrogen-bond acceptors (Lipinski definition) is 5. The van der Waals surface area contributed by atoms with Gasteiger partial charge in [-0.3, -0.25) is 10.6 Å². The smallest absolute Gasteiger partial charge is 0.251 e. The minimum Gasteiger partial charge on any atom is -0.352 e. The molecule has 9 heteroatoms. The van der Waals surface area contributed by atoms with Crippen LogP contribution in [0.1, 0.15) is 16.8 Å². The van der Waals surface area contributed by atoms with Gasteiger partial charge in [0.15, 0.2) is 21.5 Å². The molecular formula is C12H15F2N3O3S. The Hall–Kier alpha value is -1.74. The fourth-order valence-corrected chi connectivity index (χ4v) is 4.08. The van der Waals surface area contributed by atoms with Crippen molar-refractivity contribution in [1.29, 1.82) is 0 Å². The van der Waals surface area contributed by atoms with E-state index in [-0.39, 0.29) is 29.5 Å². The van der Waals surface area contributed by atoms with Gasteiger partial charge in [0.05, 0.1) is 11.5 Å². The predicted octanol–water partition coefficient (Wildman–Crippen LogP) is 0.415. The summed E-state index contributed by atoms with van der Waals surface area (Å²) in [6.07, 6.45) is 0.474. The van der Waals surface area contributed by atoms with E-state index in [1.165, 1.54) is 0 Å². The first kappa shape index (κ1) is 15.6. The fraction of sp³-hybridized carbons (Fsp3) is 0.417. The number of nitrogen functional groups attached to an aromatic ring is 1. The molecule has 1 unspecified atom stereocenters. The highest BCUT2D eigenvalue weighted by molar-refractivity contribution is 7.91. The summed E-state index contributed by atoms with van der Waals surface area (Å²) < 4.78 is 49.5. The summed E-state index contributed by atoms with van der Waals surface area (Å²) in [6.45, 7) is 0.151. The van der Waals surface area contributed by atoms with Gasteiger partial charge in [0.2, 0.25) is 0 Å². The van der Waals surface area contributed by atoms with Gasteiger partial charge in [0, 0.05) is 12.1 Å². The van der Waals surface area contributed by atoms with Gasteiger partial charge in [-0.05, 0) is 24.5 Å². The van der Waals surface area contributed by atoms with Crippen molar-refractivity contribution >= 4 is 21.4 Å². The standard InChI is InChI=1S/C12H15F2N3O3S/c13-9-3-8(4-10(14)11(9)17-15)12(18)16-5-7-1-2-21(19,20)6-7/h3-4,7,17H,1-2,5-6,15H2,(H,16,18). The van der Waals surface area contributed by atoms with Gasteiger partial charge in [0.25, 0.3) is 5.91 Å². The zero-order valence-electron chi connectivity index (χ0n) is 11.0. The van der Waals surface area contributed by atoms with Crippen molar-refractivity contribution in [2.24, 2.45) is 11.8 Å². The highest BCUT2D eigenvalue weighted by atomic mass is 32.2. The molecule has 6 nitrogen and oxygen atoms in total. The molecule has 4 N–H and O–H groups in total. The molecule has 1 aromatic rings. The van der Waals surface area contributed by atoms with Crippen LogP contribution in [0.25, 0.3) is 0 Å². The van der Waals surface area contributed by atoms with Crippen molar-refractivity contribution in [3.05, 3.63) is 29.3 Å². The van der Waals surface area contributed by atoms with E-state index < -0.39 is 33.1 Å². The quantitative estimate of drug-likeness (QED) is 0.551. The maximum atomic E-state index is 13.5. The van der Waals surface area contributed by atoms with E-state index in [0.717, 1.165) is 12.1 Å². The highest BCUT2D eigenvalue weighted by Crippen LogP contribution is 2.20. The summed E-state index contributed by atoms with van der Waals surface area (Å²) in [5.41, 5.74) is 1.16. The zero-order valence-corrected chi connectivity index (χ0v) is 11.8. The third-order valence-electron chi connectivity index (χ3n) is 3.33. The molecule has 1 amide bonds. The van der Waals surface area contributed by atoms with Crippen LogP contribution >= 0.6 is 0 Å². The zero-order chi connectivity index (χ0) is 15.6. The Balaban J connectivity index is 2.01. The number of rotatable bonds is 4. The van der Waals surface area contributed by atoms with Crippen LogP contribution in [-0.2, 0) is 9.84 Å². The predicted molar refractivity (Wildman–Crippen MR) is 73.3 cm³/mol. The number of nitrogens with two attached hydrogens (primary N) is 1. The van der Waals surface area contributed by atoms with E-state index in [4.69, 9.17) is 5.84 Å². The molecule has 1 fully saturated rings. The van der Waals surface area contributed by atoms with Gasteiger partial charge in [-0.15, -0.1) is 0 Å². The Bertz CT molecular complexity index is 641. The second kappa shape index (κ2) is 5.94. The van der Waals surface area contributed by atoms with E-state index in [1.807, 2.05) is 5.43 Å². The van der Waals surface area contributed by atoms with Crippen molar-refractivity contribution in [3.8, 4) is 0 Å². The summed E-state index contributed by atoms with van der Waals surface area (Å²) in [6, 6.07) is 1.72. The molecule has 1 aliphatic heterocycles. The largest absolute Gasteiger partial charge is 0.352 e. The molecule has 21 heavy (non-hydrogen) atoms. The summed E-state index contributed by atoms with van der Waals surface area (Å²) in [5.74, 6) is 2.29. The average molecular weight is 319 g/mol. The summed E-state index contributed by atoms with van der Waals surface area (Å²) in [4.78, 5) is 11.8. The van der Waals surface area contributed by atoms with E-state index in [9.17, 15) is 22.0 Å². The highest BCUT2D eigenvalue weighted by Gasteiger charge is 2.28. The lowest BCUT2D eigenvalue weighted by molar-refractivity contribution is 0.0947. The molecule has 0 bridgehead atoms. The first-order valence-electron chi connectivity index (χ1n) is 6.26. The molecule has 1 saturated heterocycles. The molecule has 0 aliphatic carbocycles. The molecule has 1 aromatic carbocycles. The molecule has 2 rings (SSSR count). The second-order valence-corrected chi connectivity index (χ2v) is 7.17. The van der Waals surface area contributed by atoms with Gasteiger partial charge in [-0.25, -0.2) is 17.2 Å². The number of carbonyl (C=O) groups is 1. The second-order valence-electron chi connectivity index (χ2n) is 4.94. The van der Waals surface area contributed by atoms with Crippen LogP contribution in [0.3, 0.4) is 0 Å².